The van der Waals surface area contributed by atoms with Gasteiger partial charge in [-0.15, -0.1) is 0 Å². The van der Waals surface area contributed by atoms with Gasteiger partial charge in [-0.25, -0.2) is 9.18 Å². The summed E-state index contributed by atoms with van der Waals surface area (Å²) in [6.45, 7) is 3.33. The number of pyridine rings is 1. The van der Waals surface area contributed by atoms with E-state index in [1.165, 1.54) is 22.6 Å². The lowest BCUT2D eigenvalue weighted by Crippen LogP contribution is -3.06. The first kappa shape index (κ1) is 21.5. The van der Waals surface area contributed by atoms with Gasteiger partial charge in [-0.3, -0.25) is 4.79 Å². The number of nitrogens with one attached hydrogen (secondary N) is 3. The highest BCUT2D eigenvalue weighted by atomic mass is 19.1. The molecule has 158 valence electrons. The van der Waals surface area contributed by atoms with Crippen molar-refractivity contribution < 1.29 is 14.1 Å². The molecule has 0 saturated heterocycles. The van der Waals surface area contributed by atoms with Crippen LogP contribution >= 0.6 is 0 Å². The minimum absolute atomic E-state index is 0.115. The van der Waals surface area contributed by atoms with Gasteiger partial charge in [0.15, 0.2) is 0 Å². The fourth-order valence-corrected chi connectivity index (χ4v) is 3.21. The summed E-state index contributed by atoms with van der Waals surface area (Å²) in [5.41, 5.74) is 2.32. The Labute approximate surface area is 175 Å². The molecule has 6 nitrogen and oxygen atoms in total. The molecule has 0 saturated carbocycles. The van der Waals surface area contributed by atoms with Gasteiger partial charge in [0.1, 0.15) is 5.82 Å². The van der Waals surface area contributed by atoms with Crippen LogP contribution in [0.1, 0.15) is 18.1 Å². The quantitative estimate of drug-likeness (QED) is 0.559. The Hall–Kier alpha value is -3.19. The Morgan fingerprint density at radius 3 is 2.63 bits per heavy atom. The Bertz CT molecular complexity index is 1090. The number of urea groups is 1. The van der Waals surface area contributed by atoms with E-state index in [-0.39, 0.29) is 17.8 Å². The van der Waals surface area contributed by atoms with E-state index in [2.05, 4.69) is 17.2 Å². The van der Waals surface area contributed by atoms with E-state index in [0.717, 1.165) is 17.3 Å². The van der Waals surface area contributed by atoms with Gasteiger partial charge in [-0.05, 0) is 47.7 Å². The maximum Gasteiger partial charge on any atom is 0.322 e. The van der Waals surface area contributed by atoms with E-state index in [1.54, 1.807) is 17.0 Å². The third-order valence-corrected chi connectivity index (χ3v) is 5.04. The minimum Gasteiger partial charge on any atom is -0.338 e. The van der Waals surface area contributed by atoms with E-state index < -0.39 is 11.8 Å². The van der Waals surface area contributed by atoms with Gasteiger partial charge >= 0.3 is 6.03 Å². The lowest BCUT2D eigenvalue weighted by molar-refractivity contribution is -0.857. The number of para-hydroxylation sites is 1. The Morgan fingerprint density at radius 1 is 1.17 bits per heavy atom. The first-order chi connectivity index (χ1) is 14.4. The smallest absolute Gasteiger partial charge is 0.322 e. The SMILES string of the molecule is CCc1ccc2[nH]c(=O)c(CN(CC[NH+](C)C)C(=O)Nc3ccccc3F)cc2c1. The molecule has 3 aromatic rings. The summed E-state index contributed by atoms with van der Waals surface area (Å²) in [4.78, 5) is 31.1. The molecule has 0 bridgehead atoms. The van der Waals surface area contributed by atoms with Gasteiger partial charge in [-0.2, -0.15) is 0 Å². The lowest BCUT2D eigenvalue weighted by Gasteiger charge is -2.23. The zero-order valence-electron chi connectivity index (χ0n) is 17.6. The predicted molar refractivity (Wildman–Crippen MR) is 117 cm³/mol. The van der Waals surface area contributed by atoms with E-state index in [0.29, 0.717) is 18.7 Å². The molecule has 1 aromatic heterocycles. The predicted octanol–water partition coefficient (Wildman–Crippen LogP) is 2.41. The zero-order valence-corrected chi connectivity index (χ0v) is 17.6. The number of benzene rings is 2. The molecule has 0 atom stereocenters. The first-order valence-electron chi connectivity index (χ1n) is 10.1. The number of fused-ring (bicyclic) bond motifs is 1. The van der Waals surface area contributed by atoms with E-state index in [9.17, 15) is 14.0 Å². The number of amides is 2. The number of likely N-dealkylation sites (N-methyl/N-ethyl adjacent to an activating group) is 1. The van der Waals surface area contributed by atoms with Crippen LogP contribution in [-0.4, -0.2) is 43.1 Å². The number of nitrogens with zero attached hydrogens (tertiary/aromatic N) is 1. The summed E-state index contributed by atoms with van der Waals surface area (Å²) in [6.07, 6.45) is 0.896. The van der Waals surface area contributed by atoms with E-state index in [1.807, 2.05) is 38.4 Å². The number of quaternary nitrogens is 1. The molecular formula is C23H28FN4O2+. The number of aryl methyl sites for hydroxylation is 1. The average Bonchev–Trinajstić information content (AvgIpc) is 2.72. The van der Waals surface area contributed by atoms with Crippen molar-refractivity contribution in [3.8, 4) is 0 Å². The summed E-state index contributed by atoms with van der Waals surface area (Å²) in [5.74, 6) is -0.500. The number of anilines is 1. The second-order valence-corrected chi connectivity index (χ2v) is 7.69. The van der Waals surface area contributed by atoms with Crippen molar-refractivity contribution in [1.29, 1.82) is 0 Å². The van der Waals surface area contributed by atoms with Crippen molar-refractivity contribution >= 4 is 22.6 Å². The number of aromatic nitrogens is 1. The molecule has 1 heterocycles. The normalized spacial score (nSPS) is 11.1. The molecule has 3 N–H and O–H groups in total. The maximum atomic E-state index is 14.0. The van der Waals surface area contributed by atoms with Crippen molar-refractivity contribution in [2.45, 2.75) is 19.9 Å². The molecular weight excluding hydrogens is 383 g/mol. The van der Waals surface area contributed by atoms with Crippen LogP contribution in [0.4, 0.5) is 14.9 Å². The topological polar surface area (TPSA) is 69.6 Å². The molecule has 0 fully saturated rings. The average molecular weight is 412 g/mol. The van der Waals surface area contributed by atoms with Crippen LogP contribution in [0.3, 0.4) is 0 Å². The number of carbonyl (C=O) groups excluding carboxylic acids is 1. The van der Waals surface area contributed by atoms with Gasteiger partial charge in [0.05, 0.1) is 39.4 Å². The maximum absolute atomic E-state index is 14.0. The van der Waals surface area contributed by atoms with Crippen LogP contribution in [0, 0.1) is 5.82 Å². The number of rotatable bonds is 7. The van der Waals surface area contributed by atoms with Crippen molar-refractivity contribution in [3.63, 3.8) is 0 Å². The summed E-state index contributed by atoms with van der Waals surface area (Å²) < 4.78 is 14.0. The molecule has 2 amide bonds. The zero-order chi connectivity index (χ0) is 21.7. The highest BCUT2D eigenvalue weighted by Gasteiger charge is 2.18. The number of halogens is 1. The van der Waals surface area contributed by atoms with Crippen molar-refractivity contribution in [2.75, 3.05) is 32.5 Å². The number of hydrogen-bond acceptors (Lipinski definition) is 2. The number of H-pyrrole nitrogens is 1. The number of hydrogen-bond donors (Lipinski definition) is 3. The molecule has 7 heteroatoms. The summed E-state index contributed by atoms with van der Waals surface area (Å²) in [6, 6.07) is 13.4. The molecule has 0 unspecified atom stereocenters. The van der Waals surface area contributed by atoms with Crippen LogP contribution in [0.5, 0.6) is 0 Å². The summed E-state index contributed by atoms with van der Waals surface area (Å²) >= 11 is 0. The molecule has 0 spiro atoms. The Balaban J connectivity index is 1.88. The van der Waals surface area contributed by atoms with Gasteiger partial charge in [0.25, 0.3) is 5.56 Å². The summed E-state index contributed by atoms with van der Waals surface area (Å²) in [7, 11) is 3.98. The molecule has 0 radical (unpaired) electrons. The largest absolute Gasteiger partial charge is 0.338 e. The minimum atomic E-state index is -0.500. The molecule has 0 aliphatic carbocycles. The second-order valence-electron chi connectivity index (χ2n) is 7.69. The summed E-state index contributed by atoms with van der Waals surface area (Å²) in [5, 5.41) is 3.55. The van der Waals surface area contributed by atoms with Gasteiger partial charge in [0, 0.05) is 11.1 Å². The Morgan fingerprint density at radius 2 is 1.93 bits per heavy atom. The fourth-order valence-electron chi connectivity index (χ4n) is 3.21. The van der Waals surface area contributed by atoms with Crippen LogP contribution in [0.15, 0.2) is 53.3 Å². The second kappa shape index (κ2) is 9.54. The number of aromatic amines is 1. The van der Waals surface area contributed by atoms with E-state index >= 15 is 0 Å². The standard InChI is InChI=1S/C23H27FN4O2/c1-4-16-9-10-20-17(13-16)14-18(22(29)25-20)15-28(12-11-27(2)3)23(30)26-21-8-6-5-7-19(21)24/h5-10,13-14H,4,11-12,15H2,1-3H3,(H,25,29)(H,26,30)/p+1. The third kappa shape index (κ3) is 5.24. The third-order valence-electron chi connectivity index (χ3n) is 5.04. The highest BCUT2D eigenvalue weighted by Crippen LogP contribution is 2.16. The fraction of sp³-hybridized carbons (Fsp3) is 0.304. The van der Waals surface area contributed by atoms with E-state index in [4.69, 9.17) is 0 Å². The van der Waals surface area contributed by atoms with Gasteiger partial charge < -0.3 is 20.1 Å². The lowest BCUT2D eigenvalue weighted by atomic mass is 10.1. The van der Waals surface area contributed by atoms with Crippen molar-refractivity contribution in [1.82, 2.24) is 9.88 Å². The number of carbonyl (C=O) groups is 1. The van der Waals surface area contributed by atoms with Crippen LogP contribution in [0.2, 0.25) is 0 Å². The molecule has 3 rings (SSSR count). The van der Waals surface area contributed by atoms with Crippen LogP contribution in [0.25, 0.3) is 10.9 Å². The Kier molecular flexibility index (Phi) is 6.84. The van der Waals surface area contributed by atoms with Gasteiger partial charge in [0.2, 0.25) is 0 Å². The first-order valence-corrected chi connectivity index (χ1v) is 10.1. The van der Waals surface area contributed by atoms with Gasteiger partial charge in [-0.1, -0.05) is 25.1 Å². The van der Waals surface area contributed by atoms with Crippen LogP contribution < -0.4 is 15.8 Å². The monoisotopic (exact) mass is 411 g/mol. The molecule has 0 aliphatic rings. The van der Waals surface area contributed by atoms with Crippen molar-refractivity contribution in [3.05, 3.63) is 75.8 Å². The van der Waals surface area contributed by atoms with Crippen molar-refractivity contribution in [2.24, 2.45) is 0 Å². The highest BCUT2D eigenvalue weighted by molar-refractivity contribution is 5.89. The molecule has 0 aliphatic heterocycles. The molecule has 2 aromatic carbocycles. The van der Waals surface area contributed by atoms with Crippen LogP contribution in [-0.2, 0) is 13.0 Å². The molecule has 30 heavy (non-hydrogen) atoms.